The third-order valence-corrected chi connectivity index (χ3v) is 4.93. The van der Waals surface area contributed by atoms with Crippen LogP contribution in [0.15, 0.2) is 23.2 Å². The molecule has 2 aliphatic rings. The van der Waals surface area contributed by atoms with Crippen LogP contribution in [0.5, 0.6) is 11.5 Å². The van der Waals surface area contributed by atoms with Crippen molar-refractivity contribution >= 4 is 5.96 Å². The minimum atomic E-state index is 0.316. The molecule has 0 unspecified atom stereocenters. The molecule has 0 atom stereocenters. The zero-order chi connectivity index (χ0) is 16.8. The van der Waals surface area contributed by atoms with Gasteiger partial charge in [-0.05, 0) is 62.6 Å². The number of rotatable bonds is 5. The molecular weight excluding hydrogens is 302 g/mol. The fourth-order valence-corrected chi connectivity index (χ4v) is 3.49. The molecule has 2 N–H and O–H groups in total. The van der Waals surface area contributed by atoms with Gasteiger partial charge in [0.1, 0.15) is 0 Å². The van der Waals surface area contributed by atoms with Gasteiger partial charge in [-0.25, -0.2) is 4.99 Å². The number of guanidine groups is 1. The highest BCUT2D eigenvalue weighted by Gasteiger charge is 2.18. The summed E-state index contributed by atoms with van der Waals surface area (Å²) in [5, 5.41) is 0. The van der Waals surface area contributed by atoms with E-state index >= 15 is 0 Å². The van der Waals surface area contributed by atoms with Crippen LogP contribution in [-0.2, 0) is 6.54 Å². The molecule has 1 saturated heterocycles. The van der Waals surface area contributed by atoms with Crippen molar-refractivity contribution in [2.24, 2.45) is 10.7 Å². The van der Waals surface area contributed by atoms with Crippen LogP contribution in [0.25, 0.3) is 0 Å². The SMILES string of the molecule is COc1ccc(CN=C(N)N2CCCCC2)cc1OC1CCCC1. The van der Waals surface area contributed by atoms with E-state index in [9.17, 15) is 0 Å². The fraction of sp³-hybridized carbons (Fsp3) is 0.632. The molecule has 1 saturated carbocycles. The maximum absolute atomic E-state index is 6.15. The molecule has 1 aliphatic carbocycles. The molecule has 5 heteroatoms. The second kappa shape index (κ2) is 8.27. The molecule has 5 nitrogen and oxygen atoms in total. The third-order valence-electron chi connectivity index (χ3n) is 4.93. The number of likely N-dealkylation sites (tertiary alicyclic amines) is 1. The van der Waals surface area contributed by atoms with E-state index in [4.69, 9.17) is 15.2 Å². The molecule has 0 radical (unpaired) electrons. The van der Waals surface area contributed by atoms with E-state index < -0.39 is 0 Å². The quantitative estimate of drug-likeness (QED) is 0.664. The molecule has 0 bridgehead atoms. The van der Waals surface area contributed by atoms with E-state index in [2.05, 4.69) is 9.89 Å². The van der Waals surface area contributed by atoms with E-state index in [0.29, 0.717) is 18.6 Å². The number of methoxy groups -OCH3 is 1. The highest BCUT2D eigenvalue weighted by molar-refractivity contribution is 5.78. The predicted octanol–water partition coefficient (Wildman–Crippen LogP) is 3.32. The molecule has 1 aromatic carbocycles. The van der Waals surface area contributed by atoms with Gasteiger partial charge in [-0.3, -0.25) is 0 Å². The molecule has 3 rings (SSSR count). The second-order valence-electron chi connectivity index (χ2n) is 6.73. The van der Waals surface area contributed by atoms with E-state index in [1.54, 1.807) is 7.11 Å². The lowest BCUT2D eigenvalue weighted by Crippen LogP contribution is -2.40. The summed E-state index contributed by atoms with van der Waals surface area (Å²) in [6, 6.07) is 6.05. The van der Waals surface area contributed by atoms with Crippen LogP contribution < -0.4 is 15.2 Å². The zero-order valence-electron chi connectivity index (χ0n) is 14.7. The van der Waals surface area contributed by atoms with Gasteiger partial charge >= 0.3 is 0 Å². The summed E-state index contributed by atoms with van der Waals surface area (Å²) in [7, 11) is 1.68. The molecule has 132 valence electrons. The average Bonchev–Trinajstić information content (AvgIpc) is 3.13. The number of nitrogens with zero attached hydrogens (tertiary/aromatic N) is 2. The van der Waals surface area contributed by atoms with Gasteiger partial charge in [0, 0.05) is 13.1 Å². The summed E-state index contributed by atoms with van der Waals surface area (Å²) in [5.41, 5.74) is 7.24. The Morgan fingerprint density at radius 3 is 2.58 bits per heavy atom. The molecule has 24 heavy (non-hydrogen) atoms. The van der Waals surface area contributed by atoms with Crippen molar-refractivity contribution in [3.05, 3.63) is 23.8 Å². The molecular formula is C19H29N3O2. The lowest BCUT2D eigenvalue weighted by Gasteiger charge is -2.27. The number of piperidine rings is 1. The largest absolute Gasteiger partial charge is 0.493 e. The van der Waals surface area contributed by atoms with E-state index in [1.165, 1.54) is 32.1 Å². The summed E-state index contributed by atoms with van der Waals surface area (Å²) in [6.07, 6.45) is 8.80. The summed E-state index contributed by atoms with van der Waals surface area (Å²) < 4.78 is 11.6. The Morgan fingerprint density at radius 2 is 1.88 bits per heavy atom. The van der Waals surface area contributed by atoms with Crippen LogP contribution in [0.4, 0.5) is 0 Å². The smallest absolute Gasteiger partial charge is 0.191 e. The Labute approximate surface area is 144 Å². The summed E-state index contributed by atoms with van der Waals surface area (Å²) in [6.45, 7) is 2.62. The van der Waals surface area contributed by atoms with E-state index in [0.717, 1.165) is 43.0 Å². The van der Waals surface area contributed by atoms with Crippen LogP contribution in [-0.4, -0.2) is 37.2 Å². The van der Waals surface area contributed by atoms with Gasteiger partial charge < -0.3 is 20.1 Å². The van der Waals surface area contributed by atoms with Gasteiger partial charge in [-0.1, -0.05) is 6.07 Å². The lowest BCUT2D eigenvalue weighted by molar-refractivity contribution is 0.200. The van der Waals surface area contributed by atoms with Crippen LogP contribution in [0.3, 0.4) is 0 Å². The van der Waals surface area contributed by atoms with Crippen LogP contribution in [0, 0.1) is 0 Å². The number of ether oxygens (including phenoxy) is 2. The fourth-order valence-electron chi connectivity index (χ4n) is 3.49. The molecule has 2 fully saturated rings. The van der Waals surface area contributed by atoms with E-state index in [-0.39, 0.29) is 0 Å². The first-order chi connectivity index (χ1) is 11.8. The summed E-state index contributed by atoms with van der Waals surface area (Å²) in [4.78, 5) is 6.75. The standard InChI is InChI=1S/C19H29N3O2/c1-23-17-10-9-15(13-18(17)24-16-7-3-4-8-16)14-21-19(20)22-11-5-2-6-12-22/h9-10,13,16H,2-8,11-12,14H2,1H3,(H2,20,21). The van der Waals surface area contributed by atoms with Crippen molar-refractivity contribution < 1.29 is 9.47 Å². The van der Waals surface area contributed by atoms with Crippen molar-refractivity contribution in [1.29, 1.82) is 0 Å². The lowest BCUT2D eigenvalue weighted by atomic mass is 10.1. The predicted molar refractivity (Wildman–Crippen MR) is 96.6 cm³/mol. The number of aliphatic imine (C=N–C) groups is 1. The third kappa shape index (κ3) is 4.34. The van der Waals surface area contributed by atoms with Gasteiger partial charge in [-0.2, -0.15) is 0 Å². The van der Waals surface area contributed by atoms with Crippen molar-refractivity contribution in [2.75, 3.05) is 20.2 Å². The first kappa shape index (κ1) is 16.9. The zero-order valence-corrected chi connectivity index (χ0v) is 14.7. The molecule has 1 aromatic rings. The second-order valence-corrected chi connectivity index (χ2v) is 6.73. The Hall–Kier alpha value is -1.91. The highest BCUT2D eigenvalue weighted by Crippen LogP contribution is 2.32. The molecule has 1 heterocycles. The Balaban J connectivity index is 1.66. The Morgan fingerprint density at radius 1 is 1.12 bits per heavy atom. The molecule has 1 aliphatic heterocycles. The molecule has 0 amide bonds. The minimum Gasteiger partial charge on any atom is -0.493 e. The first-order valence-electron chi connectivity index (χ1n) is 9.14. The van der Waals surface area contributed by atoms with Gasteiger partial charge in [0.25, 0.3) is 0 Å². The van der Waals surface area contributed by atoms with Crippen molar-refractivity contribution in [2.45, 2.75) is 57.6 Å². The van der Waals surface area contributed by atoms with Crippen LogP contribution in [0.1, 0.15) is 50.5 Å². The first-order valence-corrected chi connectivity index (χ1v) is 9.14. The topological polar surface area (TPSA) is 60.1 Å². The number of hydrogen-bond acceptors (Lipinski definition) is 3. The van der Waals surface area contributed by atoms with Crippen molar-refractivity contribution in [3.8, 4) is 11.5 Å². The van der Waals surface area contributed by atoms with Crippen LogP contribution in [0.2, 0.25) is 0 Å². The van der Waals surface area contributed by atoms with Crippen molar-refractivity contribution in [1.82, 2.24) is 4.90 Å². The van der Waals surface area contributed by atoms with Gasteiger partial charge in [0.05, 0.1) is 19.8 Å². The maximum Gasteiger partial charge on any atom is 0.191 e. The normalized spacial score (nSPS) is 19.5. The highest BCUT2D eigenvalue weighted by atomic mass is 16.5. The number of nitrogens with two attached hydrogens (primary N) is 1. The van der Waals surface area contributed by atoms with Crippen molar-refractivity contribution in [3.63, 3.8) is 0 Å². The van der Waals surface area contributed by atoms with Crippen LogP contribution >= 0.6 is 0 Å². The summed E-state index contributed by atoms with van der Waals surface area (Å²) in [5.74, 6) is 2.27. The van der Waals surface area contributed by atoms with E-state index in [1.807, 2.05) is 18.2 Å². The monoisotopic (exact) mass is 331 g/mol. The number of benzene rings is 1. The summed E-state index contributed by atoms with van der Waals surface area (Å²) >= 11 is 0. The molecule has 0 aromatic heterocycles. The Kier molecular flexibility index (Phi) is 5.83. The number of hydrogen-bond donors (Lipinski definition) is 1. The Bertz CT molecular complexity index is 562. The van der Waals surface area contributed by atoms with Gasteiger partial charge in [-0.15, -0.1) is 0 Å². The maximum atomic E-state index is 6.15. The molecule has 0 spiro atoms. The minimum absolute atomic E-state index is 0.316. The average molecular weight is 331 g/mol. The van der Waals surface area contributed by atoms with Gasteiger partial charge in [0.2, 0.25) is 0 Å². The van der Waals surface area contributed by atoms with Gasteiger partial charge in [0.15, 0.2) is 17.5 Å².